The summed E-state index contributed by atoms with van der Waals surface area (Å²) in [6.07, 6.45) is 4.33. The lowest BCUT2D eigenvalue weighted by atomic mass is 10.1. The van der Waals surface area contributed by atoms with Crippen molar-refractivity contribution in [2.24, 2.45) is 12.0 Å². The van der Waals surface area contributed by atoms with Gasteiger partial charge >= 0.3 is 0 Å². The van der Waals surface area contributed by atoms with Gasteiger partial charge in [0.25, 0.3) is 0 Å². The Bertz CT molecular complexity index is 777. The lowest BCUT2D eigenvalue weighted by Gasteiger charge is -2.13. The molecule has 0 aliphatic carbocycles. The van der Waals surface area contributed by atoms with Crippen molar-refractivity contribution < 1.29 is 9.21 Å². The average Bonchev–Trinajstić information content (AvgIpc) is 3.25. The minimum absolute atomic E-state index is 0.0336. The highest BCUT2D eigenvalue weighted by Gasteiger charge is 2.09. The van der Waals surface area contributed by atoms with E-state index in [9.17, 15) is 4.79 Å². The summed E-state index contributed by atoms with van der Waals surface area (Å²) in [4.78, 5) is 17.8. The second-order valence-electron chi connectivity index (χ2n) is 7.01. The van der Waals surface area contributed by atoms with Crippen LogP contribution in [0.5, 0.6) is 0 Å². The molecule has 154 valence electrons. The van der Waals surface area contributed by atoms with Crippen LogP contribution in [0.3, 0.4) is 0 Å². The third-order valence-corrected chi connectivity index (χ3v) is 4.67. The fourth-order valence-electron chi connectivity index (χ4n) is 2.87. The first kappa shape index (κ1) is 21.5. The van der Waals surface area contributed by atoms with Gasteiger partial charge in [-0.2, -0.15) is 5.10 Å². The summed E-state index contributed by atoms with van der Waals surface area (Å²) in [7, 11) is 5.43. The zero-order valence-electron chi connectivity index (χ0n) is 17.6. The minimum Gasteiger partial charge on any atom is -0.469 e. The van der Waals surface area contributed by atoms with Gasteiger partial charge < -0.3 is 20.0 Å². The molecular formula is C20H32N6O2. The zero-order valence-corrected chi connectivity index (χ0v) is 17.6. The molecule has 28 heavy (non-hydrogen) atoms. The molecule has 0 aliphatic rings. The van der Waals surface area contributed by atoms with E-state index in [1.807, 2.05) is 30.8 Å². The van der Waals surface area contributed by atoms with E-state index < -0.39 is 0 Å². The number of aryl methyl sites for hydroxylation is 2. The number of nitrogens with zero attached hydrogens (tertiary/aromatic N) is 4. The largest absolute Gasteiger partial charge is 0.469 e. The molecule has 0 radical (unpaired) electrons. The molecule has 2 aromatic heterocycles. The summed E-state index contributed by atoms with van der Waals surface area (Å²) in [5.74, 6) is 1.52. The van der Waals surface area contributed by atoms with Crippen molar-refractivity contribution in [3.05, 3.63) is 41.1 Å². The van der Waals surface area contributed by atoms with Crippen molar-refractivity contribution in [3.8, 4) is 0 Å². The maximum Gasteiger partial charge on any atom is 0.243 e. The molecule has 2 aromatic rings. The van der Waals surface area contributed by atoms with E-state index >= 15 is 0 Å². The SMILES string of the molecule is Cc1nn(C)c(C)c1CCCNC(=NCC(=O)N(C)C)NCCc1ccco1. The van der Waals surface area contributed by atoms with E-state index in [4.69, 9.17) is 4.42 Å². The number of carbonyl (C=O) groups is 1. The Morgan fingerprint density at radius 2 is 2.00 bits per heavy atom. The molecule has 0 unspecified atom stereocenters. The van der Waals surface area contributed by atoms with Crippen LogP contribution in [-0.4, -0.2) is 60.3 Å². The predicted molar refractivity (Wildman–Crippen MR) is 110 cm³/mol. The highest BCUT2D eigenvalue weighted by molar-refractivity contribution is 5.84. The van der Waals surface area contributed by atoms with Crippen molar-refractivity contribution in [1.82, 2.24) is 25.3 Å². The Balaban J connectivity index is 1.84. The minimum atomic E-state index is -0.0336. The molecular weight excluding hydrogens is 356 g/mol. The van der Waals surface area contributed by atoms with Gasteiger partial charge in [-0.25, -0.2) is 4.99 Å². The number of hydrogen-bond acceptors (Lipinski definition) is 4. The fraction of sp³-hybridized carbons (Fsp3) is 0.550. The first-order valence-electron chi connectivity index (χ1n) is 9.62. The van der Waals surface area contributed by atoms with Crippen molar-refractivity contribution in [2.45, 2.75) is 33.1 Å². The lowest BCUT2D eigenvalue weighted by Crippen LogP contribution is -2.40. The van der Waals surface area contributed by atoms with Gasteiger partial charge in [-0.15, -0.1) is 0 Å². The van der Waals surface area contributed by atoms with E-state index in [2.05, 4.69) is 27.6 Å². The highest BCUT2D eigenvalue weighted by Crippen LogP contribution is 2.13. The van der Waals surface area contributed by atoms with Gasteiger partial charge in [-0.3, -0.25) is 9.48 Å². The molecule has 2 heterocycles. The molecule has 2 rings (SSSR count). The van der Waals surface area contributed by atoms with Gasteiger partial charge in [0, 0.05) is 46.3 Å². The number of aliphatic imine (C=N–C) groups is 1. The molecule has 8 heteroatoms. The van der Waals surface area contributed by atoms with Gasteiger partial charge in [-0.1, -0.05) is 0 Å². The smallest absolute Gasteiger partial charge is 0.243 e. The van der Waals surface area contributed by atoms with E-state index in [0.29, 0.717) is 12.5 Å². The van der Waals surface area contributed by atoms with Crippen LogP contribution in [0.2, 0.25) is 0 Å². The summed E-state index contributed by atoms with van der Waals surface area (Å²) in [6, 6.07) is 3.82. The van der Waals surface area contributed by atoms with Gasteiger partial charge in [0.05, 0.1) is 12.0 Å². The second kappa shape index (κ2) is 10.5. The molecule has 0 aliphatic heterocycles. The van der Waals surface area contributed by atoms with Crippen LogP contribution < -0.4 is 10.6 Å². The van der Waals surface area contributed by atoms with Gasteiger partial charge in [0.2, 0.25) is 5.91 Å². The second-order valence-corrected chi connectivity index (χ2v) is 7.01. The molecule has 2 N–H and O–H groups in total. The highest BCUT2D eigenvalue weighted by atomic mass is 16.3. The molecule has 0 aromatic carbocycles. The van der Waals surface area contributed by atoms with Crippen LogP contribution in [0.25, 0.3) is 0 Å². The van der Waals surface area contributed by atoms with Crippen LogP contribution in [0.4, 0.5) is 0 Å². The van der Waals surface area contributed by atoms with Crippen LogP contribution in [0, 0.1) is 13.8 Å². The Kier molecular flexibility index (Phi) is 8.10. The number of nitrogens with one attached hydrogen (secondary N) is 2. The molecule has 0 spiro atoms. The fourth-order valence-corrected chi connectivity index (χ4v) is 2.87. The van der Waals surface area contributed by atoms with Gasteiger partial charge in [0.1, 0.15) is 12.3 Å². The molecule has 0 saturated heterocycles. The molecule has 0 fully saturated rings. The third-order valence-electron chi connectivity index (χ3n) is 4.67. The van der Waals surface area contributed by atoms with E-state index in [0.717, 1.165) is 37.3 Å². The maximum atomic E-state index is 11.8. The summed E-state index contributed by atoms with van der Waals surface area (Å²) >= 11 is 0. The maximum absolute atomic E-state index is 11.8. The number of carbonyl (C=O) groups excluding carboxylic acids is 1. The van der Waals surface area contributed by atoms with Crippen LogP contribution in [-0.2, 0) is 24.7 Å². The average molecular weight is 389 g/mol. The molecule has 1 amide bonds. The number of furan rings is 1. The van der Waals surface area contributed by atoms with Crippen molar-refractivity contribution >= 4 is 11.9 Å². The molecule has 8 nitrogen and oxygen atoms in total. The van der Waals surface area contributed by atoms with Crippen molar-refractivity contribution in [3.63, 3.8) is 0 Å². The summed E-state index contributed by atoms with van der Waals surface area (Å²) in [6.45, 7) is 5.70. The number of hydrogen-bond donors (Lipinski definition) is 2. The first-order valence-corrected chi connectivity index (χ1v) is 9.62. The summed E-state index contributed by atoms with van der Waals surface area (Å²) in [5, 5.41) is 11.1. The summed E-state index contributed by atoms with van der Waals surface area (Å²) in [5.41, 5.74) is 3.60. The number of guanidine groups is 1. The normalized spacial score (nSPS) is 11.5. The summed E-state index contributed by atoms with van der Waals surface area (Å²) < 4.78 is 7.27. The Morgan fingerprint density at radius 3 is 2.61 bits per heavy atom. The third kappa shape index (κ3) is 6.44. The number of likely N-dealkylation sites (N-methyl/N-ethyl adjacent to an activating group) is 1. The predicted octanol–water partition coefficient (Wildman–Crippen LogP) is 1.43. The van der Waals surface area contributed by atoms with Crippen LogP contribution in [0.1, 0.15) is 29.1 Å². The van der Waals surface area contributed by atoms with Gasteiger partial charge in [0.15, 0.2) is 5.96 Å². The van der Waals surface area contributed by atoms with Crippen molar-refractivity contribution in [1.29, 1.82) is 0 Å². The quantitative estimate of drug-likeness (QED) is 0.385. The van der Waals surface area contributed by atoms with Gasteiger partial charge in [-0.05, 0) is 44.4 Å². The Hall–Kier alpha value is -2.77. The van der Waals surface area contributed by atoms with E-state index in [-0.39, 0.29) is 12.5 Å². The lowest BCUT2D eigenvalue weighted by molar-refractivity contribution is -0.127. The van der Waals surface area contributed by atoms with Crippen LogP contribution in [0.15, 0.2) is 27.8 Å². The first-order chi connectivity index (χ1) is 13.4. The van der Waals surface area contributed by atoms with Crippen LogP contribution >= 0.6 is 0 Å². The molecule has 0 atom stereocenters. The number of amides is 1. The Labute approximate surface area is 167 Å². The Morgan fingerprint density at radius 1 is 1.25 bits per heavy atom. The molecule has 0 bridgehead atoms. The number of rotatable bonds is 9. The van der Waals surface area contributed by atoms with E-state index in [1.54, 1.807) is 20.4 Å². The topological polar surface area (TPSA) is 87.7 Å². The standard InChI is InChI=1S/C20H32N6O2/c1-15-18(16(2)26(5)24-15)9-6-11-21-20(23-14-19(27)25(3)4)22-12-10-17-8-7-13-28-17/h7-8,13H,6,9-12,14H2,1-5H3,(H2,21,22,23). The zero-order chi connectivity index (χ0) is 20.5. The van der Waals surface area contributed by atoms with E-state index in [1.165, 1.54) is 16.2 Å². The number of aromatic nitrogens is 2. The molecule has 0 saturated carbocycles. The van der Waals surface area contributed by atoms with Crippen molar-refractivity contribution in [2.75, 3.05) is 33.7 Å². The monoisotopic (exact) mass is 388 g/mol.